The van der Waals surface area contributed by atoms with E-state index < -0.39 is 17.8 Å². The maximum absolute atomic E-state index is 13.4. The van der Waals surface area contributed by atoms with Gasteiger partial charge < -0.3 is 16.0 Å². The van der Waals surface area contributed by atoms with Crippen LogP contribution < -0.4 is 16.0 Å². The molecular formula is C22H19FN6O4. The number of rotatable bonds is 7. The van der Waals surface area contributed by atoms with Gasteiger partial charge in [0.05, 0.1) is 12.2 Å². The van der Waals surface area contributed by atoms with Gasteiger partial charge >= 0.3 is 6.03 Å². The minimum absolute atomic E-state index is 0.00703. The van der Waals surface area contributed by atoms with Gasteiger partial charge in [-0.25, -0.2) is 13.9 Å². The van der Waals surface area contributed by atoms with Gasteiger partial charge in [-0.2, -0.15) is 5.10 Å². The zero-order valence-electron chi connectivity index (χ0n) is 17.2. The number of carbonyl (C=O) groups is 4. The van der Waals surface area contributed by atoms with Crippen molar-refractivity contribution in [1.82, 2.24) is 20.0 Å². The Kier molecular flexibility index (Phi) is 6.11. The largest absolute Gasteiger partial charge is 0.329 e. The third-order valence-corrected chi connectivity index (χ3v) is 4.82. The molecule has 1 saturated heterocycles. The fourth-order valence-corrected chi connectivity index (χ4v) is 3.16. The molecule has 33 heavy (non-hydrogen) atoms. The maximum atomic E-state index is 13.4. The van der Waals surface area contributed by atoms with Gasteiger partial charge in [-0.15, -0.1) is 0 Å². The monoisotopic (exact) mass is 450 g/mol. The van der Waals surface area contributed by atoms with Crippen molar-refractivity contribution < 1.29 is 23.6 Å². The first-order valence-corrected chi connectivity index (χ1v) is 10.00. The van der Waals surface area contributed by atoms with Gasteiger partial charge in [0.25, 0.3) is 5.91 Å². The van der Waals surface area contributed by atoms with Crippen LogP contribution in [-0.4, -0.2) is 51.5 Å². The number of urea groups is 1. The normalized spacial score (nSPS) is 13.1. The summed E-state index contributed by atoms with van der Waals surface area (Å²) in [5.74, 6) is -1.58. The number of carbonyl (C=O) groups excluding carboxylic acids is 4. The minimum atomic E-state index is -0.506. The highest BCUT2D eigenvalue weighted by atomic mass is 19.1. The summed E-state index contributed by atoms with van der Waals surface area (Å²) in [5, 5.41) is 11.9. The Balaban J connectivity index is 1.30. The molecule has 0 unspecified atom stereocenters. The molecule has 168 valence electrons. The lowest BCUT2D eigenvalue weighted by molar-refractivity contribution is -0.125. The fourth-order valence-electron chi connectivity index (χ4n) is 3.16. The maximum Gasteiger partial charge on any atom is 0.324 e. The first-order valence-electron chi connectivity index (χ1n) is 10.00. The number of nitrogens with zero attached hydrogens (tertiary/aromatic N) is 3. The summed E-state index contributed by atoms with van der Waals surface area (Å²) < 4.78 is 14.8. The molecule has 0 spiro atoms. The first-order chi connectivity index (χ1) is 15.9. The van der Waals surface area contributed by atoms with E-state index in [4.69, 9.17) is 0 Å². The van der Waals surface area contributed by atoms with Crippen LogP contribution in [0, 0.1) is 5.82 Å². The third-order valence-electron chi connectivity index (χ3n) is 4.82. The Morgan fingerprint density at radius 1 is 1.03 bits per heavy atom. The Labute approximate surface area is 187 Å². The fraction of sp³-hybridized carbons (Fsp3) is 0.136. The van der Waals surface area contributed by atoms with E-state index >= 15 is 0 Å². The number of benzene rings is 2. The molecule has 0 radical (unpaired) electrons. The number of amides is 5. The van der Waals surface area contributed by atoms with Gasteiger partial charge in [-0.3, -0.25) is 19.3 Å². The summed E-state index contributed by atoms with van der Waals surface area (Å²) in [7, 11) is 0. The number of aromatic nitrogens is 2. The van der Waals surface area contributed by atoms with Gasteiger partial charge in [-0.1, -0.05) is 6.07 Å². The topological polar surface area (TPSA) is 125 Å². The van der Waals surface area contributed by atoms with E-state index in [1.165, 1.54) is 22.9 Å². The lowest BCUT2D eigenvalue weighted by Crippen LogP contribution is -2.33. The van der Waals surface area contributed by atoms with Gasteiger partial charge in [-0.05, 0) is 48.5 Å². The highest BCUT2D eigenvalue weighted by Gasteiger charge is 2.28. The molecule has 1 aliphatic rings. The Morgan fingerprint density at radius 3 is 2.42 bits per heavy atom. The second kappa shape index (κ2) is 9.30. The molecule has 3 N–H and O–H groups in total. The zero-order valence-corrected chi connectivity index (χ0v) is 17.2. The molecule has 4 rings (SSSR count). The Bertz CT molecular complexity index is 1210. The van der Waals surface area contributed by atoms with Crippen molar-refractivity contribution >= 4 is 35.1 Å². The summed E-state index contributed by atoms with van der Waals surface area (Å²) >= 11 is 0. The van der Waals surface area contributed by atoms with Crippen molar-refractivity contribution in [2.24, 2.45) is 0 Å². The average Bonchev–Trinajstić information content (AvgIpc) is 3.41. The van der Waals surface area contributed by atoms with E-state index in [9.17, 15) is 23.6 Å². The molecule has 0 aliphatic carbocycles. The molecule has 5 amide bonds. The SMILES string of the molecule is O=C(CCN1C(=O)CNC1=O)Nc1ccc(NC(=O)c2ccn(-c3cccc(F)c3)n2)cc1. The van der Waals surface area contributed by atoms with Crippen molar-refractivity contribution in [3.63, 3.8) is 0 Å². The number of imide groups is 1. The first kappa shape index (κ1) is 21.7. The van der Waals surface area contributed by atoms with E-state index in [2.05, 4.69) is 21.0 Å². The Hall–Kier alpha value is -4.54. The summed E-state index contributed by atoms with van der Waals surface area (Å²) in [5.41, 5.74) is 1.62. The van der Waals surface area contributed by atoms with Crippen LogP contribution in [0.3, 0.4) is 0 Å². The number of anilines is 2. The molecule has 3 aromatic rings. The molecule has 11 heteroatoms. The van der Waals surface area contributed by atoms with E-state index in [0.29, 0.717) is 17.1 Å². The second-order valence-corrected chi connectivity index (χ2v) is 7.16. The summed E-state index contributed by atoms with van der Waals surface area (Å²) in [6.45, 7) is -0.0639. The van der Waals surface area contributed by atoms with Crippen molar-refractivity contribution in [3.8, 4) is 5.69 Å². The van der Waals surface area contributed by atoms with Crippen LogP contribution in [-0.2, 0) is 9.59 Å². The quantitative estimate of drug-likeness (QED) is 0.476. The van der Waals surface area contributed by atoms with E-state index in [1.807, 2.05) is 0 Å². The van der Waals surface area contributed by atoms with Crippen LogP contribution in [0.1, 0.15) is 16.9 Å². The summed E-state index contributed by atoms with van der Waals surface area (Å²) in [6, 6.07) is 13.3. The van der Waals surface area contributed by atoms with Crippen molar-refractivity contribution in [1.29, 1.82) is 0 Å². The molecule has 10 nitrogen and oxygen atoms in total. The lowest BCUT2D eigenvalue weighted by atomic mass is 10.2. The number of nitrogens with one attached hydrogen (secondary N) is 3. The van der Waals surface area contributed by atoms with Crippen LogP contribution in [0.4, 0.5) is 20.6 Å². The number of hydrogen-bond donors (Lipinski definition) is 3. The van der Waals surface area contributed by atoms with Crippen LogP contribution in [0.5, 0.6) is 0 Å². The zero-order chi connectivity index (χ0) is 23.4. The molecule has 2 aromatic carbocycles. The molecule has 0 bridgehead atoms. The smallest absolute Gasteiger partial charge is 0.324 e. The minimum Gasteiger partial charge on any atom is -0.329 e. The van der Waals surface area contributed by atoms with Crippen molar-refractivity contribution in [2.45, 2.75) is 6.42 Å². The molecule has 1 fully saturated rings. The number of halogens is 1. The summed E-state index contributed by atoms with van der Waals surface area (Å²) in [4.78, 5) is 48.5. The van der Waals surface area contributed by atoms with Crippen LogP contribution in [0.15, 0.2) is 60.8 Å². The highest BCUT2D eigenvalue weighted by molar-refractivity contribution is 6.03. The van der Waals surface area contributed by atoms with Crippen LogP contribution in [0.2, 0.25) is 0 Å². The van der Waals surface area contributed by atoms with Gasteiger partial charge in [0, 0.05) is 30.5 Å². The predicted octanol–water partition coefficient (Wildman–Crippen LogP) is 2.14. The highest BCUT2D eigenvalue weighted by Crippen LogP contribution is 2.16. The van der Waals surface area contributed by atoms with Crippen LogP contribution in [0.25, 0.3) is 5.69 Å². The third kappa shape index (κ3) is 5.21. The molecule has 2 heterocycles. The van der Waals surface area contributed by atoms with E-state index in [0.717, 1.165) is 4.90 Å². The van der Waals surface area contributed by atoms with Crippen molar-refractivity contribution in [2.75, 3.05) is 23.7 Å². The van der Waals surface area contributed by atoms with Gasteiger partial charge in [0.1, 0.15) is 5.82 Å². The molecule has 0 saturated carbocycles. The standard InChI is InChI=1S/C22H19FN6O4/c23-14-2-1-3-17(12-14)29-11-8-18(27-29)21(32)26-16-6-4-15(5-7-16)25-19(30)9-10-28-20(31)13-24-22(28)33/h1-8,11-12H,9-10,13H2,(H,24,33)(H,25,30)(H,26,32). The molecular weight excluding hydrogens is 431 g/mol. The van der Waals surface area contributed by atoms with Crippen molar-refractivity contribution in [3.05, 3.63) is 72.3 Å². The van der Waals surface area contributed by atoms with Gasteiger partial charge in [0.15, 0.2) is 5.69 Å². The molecule has 1 aliphatic heterocycles. The van der Waals surface area contributed by atoms with Crippen LogP contribution >= 0.6 is 0 Å². The Morgan fingerprint density at radius 2 is 1.76 bits per heavy atom. The van der Waals surface area contributed by atoms with E-state index in [-0.39, 0.29) is 37.0 Å². The molecule has 0 atom stereocenters. The second-order valence-electron chi connectivity index (χ2n) is 7.16. The van der Waals surface area contributed by atoms with E-state index in [1.54, 1.807) is 42.6 Å². The molecule has 1 aromatic heterocycles. The average molecular weight is 450 g/mol. The number of hydrogen-bond acceptors (Lipinski definition) is 5. The lowest BCUT2D eigenvalue weighted by Gasteiger charge is -2.12. The predicted molar refractivity (Wildman–Crippen MR) is 116 cm³/mol. The van der Waals surface area contributed by atoms with Gasteiger partial charge in [0.2, 0.25) is 11.8 Å². The summed E-state index contributed by atoms with van der Waals surface area (Å²) in [6.07, 6.45) is 1.52.